The van der Waals surface area contributed by atoms with Crippen molar-refractivity contribution in [3.8, 4) is 11.8 Å². The second-order valence-corrected chi connectivity index (χ2v) is 3.55. The summed E-state index contributed by atoms with van der Waals surface area (Å²) in [5.41, 5.74) is 1.12. The first-order chi connectivity index (χ1) is 6.33. The maximum absolute atomic E-state index is 5.97. The smallest absolute Gasteiger partial charge is 0.133 e. The molecule has 2 nitrogen and oxygen atoms in total. The fourth-order valence-electron chi connectivity index (χ4n) is 1.35. The van der Waals surface area contributed by atoms with Crippen molar-refractivity contribution in [2.75, 3.05) is 0 Å². The lowest BCUT2D eigenvalue weighted by atomic mass is 10.3. The van der Waals surface area contributed by atoms with E-state index >= 15 is 0 Å². The summed E-state index contributed by atoms with van der Waals surface area (Å²) in [5.74, 6) is 6.42. The van der Waals surface area contributed by atoms with E-state index in [1.807, 2.05) is 11.6 Å². The van der Waals surface area contributed by atoms with Crippen molar-refractivity contribution >= 4 is 11.6 Å². The molecule has 0 saturated heterocycles. The number of halogens is 1. The second kappa shape index (κ2) is 3.43. The van der Waals surface area contributed by atoms with E-state index in [1.54, 1.807) is 0 Å². The summed E-state index contributed by atoms with van der Waals surface area (Å²) in [6, 6.07) is 0. The molecule has 0 amide bonds. The van der Waals surface area contributed by atoms with Crippen LogP contribution >= 0.6 is 11.6 Å². The van der Waals surface area contributed by atoms with E-state index in [0.29, 0.717) is 17.5 Å². The normalized spacial score (nSPS) is 15.2. The number of rotatable bonds is 2. The summed E-state index contributed by atoms with van der Waals surface area (Å²) in [5, 5.41) is 4.74. The molecule has 3 heteroatoms. The van der Waals surface area contributed by atoms with Crippen LogP contribution < -0.4 is 0 Å². The SMILES string of the molecule is CC#CCn1n[c]c(Cl)c1C1CC1. The molecule has 0 aromatic carbocycles. The monoisotopic (exact) mass is 193 g/mol. The number of nitrogens with zero attached hydrogens (tertiary/aromatic N) is 2. The van der Waals surface area contributed by atoms with E-state index < -0.39 is 0 Å². The van der Waals surface area contributed by atoms with Crippen LogP contribution in [0.2, 0.25) is 5.02 Å². The summed E-state index contributed by atoms with van der Waals surface area (Å²) in [6.07, 6.45) is 5.22. The van der Waals surface area contributed by atoms with Crippen LogP contribution in [0, 0.1) is 18.0 Å². The number of hydrogen-bond donors (Lipinski definition) is 0. The molecule has 1 radical (unpaired) electrons. The first-order valence-electron chi connectivity index (χ1n) is 4.36. The van der Waals surface area contributed by atoms with Crippen LogP contribution in [0.15, 0.2) is 0 Å². The summed E-state index contributed by atoms with van der Waals surface area (Å²) < 4.78 is 1.86. The summed E-state index contributed by atoms with van der Waals surface area (Å²) in [4.78, 5) is 0. The average molecular weight is 194 g/mol. The Bertz CT molecular complexity index is 366. The Balaban J connectivity index is 2.26. The molecule has 0 unspecified atom stereocenters. The molecule has 2 rings (SSSR count). The van der Waals surface area contributed by atoms with Gasteiger partial charge in [0.25, 0.3) is 0 Å². The Kier molecular flexibility index (Phi) is 2.28. The quantitative estimate of drug-likeness (QED) is 0.659. The highest BCUT2D eigenvalue weighted by atomic mass is 35.5. The lowest BCUT2D eigenvalue weighted by Gasteiger charge is -2.01. The number of aromatic nitrogens is 2. The molecule has 0 bridgehead atoms. The van der Waals surface area contributed by atoms with E-state index in [2.05, 4.69) is 23.1 Å². The fraction of sp³-hybridized carbons (Fsp3) is 0.500. The molecule has 1 saturated carbocycles. The Morgan fingerprint density at radius 3 is 3.08 bits per heavy atom. The first kappa shape index (κ1) is 8.65. The maximum atomic E-state index is 5.97. The highest BCUT2D eigenvalue weighted by Crippen LogP contribution is 2.42. The summed E-state index contributed by atoms with van der Waals surface area (Å²) in [6.45, 7) is 2.46. The van der Waals surface area contributed by atoms with Gasteiger partial charge >= 0.3 is 0 Å². The van der Waals surface area contributed by atoms with Crippen molar-refractivity contribution in [3.63, 3.8) is 0 Å². The van der Waals surface area contributed by atoms with Crippen LogP contribution in [0.1, 0.15) is 31.4 Å². The Morgan fingerprint density at radius 1 is 1.69 bits per heavy atom. The van der Waals surface area contributed by atoms with Crippen molar-refractivity contribution in [3.05, 3.63) is 16.9 Å². The van der Waals surface area contributed by atoms with Crippen molar-refractivity contribution in [2.45, 2.75) is 32.2 Å². The molecule has 1 aliphatic carbocycles. The molecule has 1 fully saturated rings. The molecule has 0 N–H and O–H groups in total. The minimum absolute atomic E-state index is 0.602. The number of hydrogen-bond acceptors (Lipinski definition) is 1. The van der Waals surface area contributed by atoms with Crippen LogP contribution in [0.5, 0.6) is 0 Å². The van der Waals surface area contributed by atoms with Gasteiger partial charge < -0.3 is 0 Å². The molecule has 0 aliphatic heterocycles. The summed E-state index contributed by atoms with van der Waals surface area (Å²) in [7, 11) is 0. The van der Waals surface area contributed by atoms with Gasteiger partial charge in [-0.1, -0.05) is 17.5 Å². The maximum Gasteiger partial charge on any atom is 0.133 e. The fourth-order valence-corrected chi connectivity index (χ4v) is 1.64. The van der Waals surface area contributed by atoms with Gasteiger partial charge in [0.2, 0.25) is 0 Å². The molecule has 1 aromatic heterocycles. The third kappa shape index (κ3) is 1.71. The Morgan fingerprint density at radius 2 is 2.46 bits per heavy atom. The van der Waals surface area contributed by atoms with E-state index in [-0.39, 0.29) is 0 Å². The highest BCUT2D eigenvalue weighted by Gasteiger charge is 2.29. The first-order valence-corrected chi connectivity index (χ1v) is 4.74. The topological polar surface area (TPSA) is 17.8 Å². The van der Waals surface area contributed by atoms with Crippen molar-refractivity contribution in [1.82, 2.24) is 9.78 Å². The van der Waals surface area contributed by atoms with Crippen LogP contribution in [-0.2, 0) is 6.54 Å². The van der Waals surface area contributed by atoms with Crippen molar-refractivity contribution in [1.29, 1.82) is 0 Å². The molecule has 1 aromatic rings. The van der Waals surface area contributed by atoms with Gasteiger partial charge in [-0.05, 0) is 19.8 Å². The molecular formula is C10H10ClN2. The zero-order valence-electron chi connectivity index (χ0n) is 7.47. The standard InChI is InChI=1S/C10H10ClN2/c1-2-3-6-13-10(8-4-5-8)9(11)7-12-13/h8H,4-6H2,1H3. The molecule has 13 heavy (non-hydrogen) atoms. The third-order valence-electron chi connectivity index (χ3n) is 2.14. The van der Waals surface area contributed by atoms with Gasteiger partial charge in [-0.25, -0.2) is 0 Å². The third-order valence-corrected chi connectivity index (χ3v) is 2.42. The van der Waals surface area contributed by atoms with Crippen molar-refractivity contribution < 1.29 is 0 Å². The largest absolute Gasteiger partial charge is 0.255 e. The lowest BCUT2D eigenvalue weighted by molar-refractivity contribution is 0.668. The molecule has 0 atom stereocenters. The van der Waals surface area contributed by atoms with Crippen LogP contribution in [0.3, 0.4) is 0 Å². The van der Waals surface area contributed by atoms with Gasteiger partial charge in [0.15, 0.2) is 0 Å². The van der Waals surface area contributed by atoms with Gasteiger partial charge in [-0.2, -0.15) is 5.10 Å². The van der Waals surface area contributed by atoms with Crippen LogP contribution in [0.4, 0.5) is 0 Å². The van der Waals surface area contributed by atoms with E-state index in [4.69, 9.17) is 11.6 Å². The van der Waals surface area contributed by atoms with Crippen LogP contribution in [-0.4, -0.2) is 9.78 Å². The molecule has 1 aliphatic rings. The van der Waals surface area contributed by atoms with Crippen LogP contribution in [0.25, 0.3) is 0 Å². The highest BCUT2D eigenvalue weighted by molar-refractivity contribution is 6.31. The summed E-state index contributed by atoms with van der Waals surface area (Å²) >= 11 is 5.97. The Labute approximate surface area is 82.9 Å². The van der Waals surface area contributed by atoms with Gasteiger partial charge in [-0.15, -0.1) is 5.92 Å². The molecule has 0 spiro atoms. The van der Waals surface area contributed by atoms with Gasteiger partial charge in [0, 0.05) is 5.92 Å². The minimum Gasteiger partial charge on any atom is -0.255 e. The average Bonchev–Trinajstić information content (AvgIpc) is 2.88. The van der Waals surface area contributed by atoms with E-state index in [1.165, 1.54) is 12.8 Å². The molecule has 67 valence electrons. The predicted octanol–water partition coefficient (Wildman–Crippen LogP) is 2.24. The zero-order valence-corrected chi connectivity index (χ0v) is 8.23. The van der Waals surface area contributed by atoms with Gasteiger partial charge in [-0.3, -0.25) is 4.68 Å². The minimum atomic E-state index is 0.602. The predicted molar refractivity (Wildman–Crippen MR) is 51.5 cm³/mol. The lowest BCUT2D eigenvalue weighted by Crippen LogP contribution is -2.02. The van der Waals surface area contributed by atoms with E-state index in [0.717, 1.165) is 5.69 Å². The van der Waals surface area contributed by atoms with E-state index in [9.17, 15) is 0 Å². The Hall–Kier alpha value is -0.940. The zero-order chi connectivity index (χ0) is 9.26. The molecule has 1 heterocycles. The van der Waals surface area contributed by atoms with Gasteiger partial charge in [0.1, 0.15) is 12.7 Å². The second-order valence-electron chi connectivity index (χ2n) is 3.17. The van der Waals surface area contributed by atoms with Crippen molar-refractivity contribution in [2.24, 2.45) is 0 Å². The molecular weight excluding hydrogens is 184 g/mol. The van der Waals surface area contributed by atoms with Gasteiger partial charge in [0.05, 0.1) is 10.7 Å².